The highest BCUT2D eigenvalue weighted by molar-refractivity contribution is 6.31. The predicted molar refractivity (Wildman–Crippen MR) is 79.4 cm³/mol. The molecule has 3 heteroatoms. The van der Waals surface area contributed by atoms with E-state index in [4.69, 9.17) is 11.6 Å². The molecular weight excluding hydrogens is 244 g/mol. The second-order valence-electron chi connectivity index (χ2n) is 5.78. The van der Waals surface area contributed by atoms with Crippen molar-refractivity contribution in [1.29, 1.82) is 0 Å². The van der Waals surface area contributed by atoms with Crippen molar-refractivity contribution >= 4 is 22.5 Å². The number of H-pyrrole nitrogens is 1. The molecule has 2 rings (SSSR count). The average molecular weight is 265 g/mol. The summed E-state index contributed by atoms with van der Waals surface area (Å²) in [5.41, 5.74) is 2.70. The minimum absolute atomic E-state index is 0.202. The number of halogens is 1. The minimum Gasteiger partial charge on any atom is -0.361 e. The molecule has 0 amide bonds. The van der Waals surface area contributed by atoms with Gasteiger partial charge in [0, 0.05) is 27.7 Å². The van der Waals surface area contributed by atoms with Crippen molar-refractivity contribution < 1.29 is 0 Å². The van der Waals surface area contributed by atoms with Crippen molar-refractivity contribution in [3.05, 3.63) is 35.0 Å². The average Bonchev–Trinajstić information content (AvgIpc) is 2.65. The largest absolute Gasteiger partial charge is 0.361 e. The third kappa shape index (κ3) is 3.50. The summed E-state index contributed by atoms with van der Waals surface area (Å²) in [4.78, 5) is 3.28. The topological polar surface area (TPSA) is 27.8 Å². The number of aromatic nitrogens is 1. The van der Waals surface area contributed by atoms with Gasteiger partial charge in [-0.1, -0.05) is 17.7 Å². The molecule has 1 heterocycles. The van der Waals surface area contributed by atoms with E-state index in [2.05, 4.69) is 43.3 Å². The number of rotatable bonds is 4. The SMILES string of the molecule is CC(C)(C)NCCCc1c[nH]c2cc(Cl)ccc12. The van der Waals surface area contributed by atoms with Gasteiger partial charge >= 0.3 is 0 Å². The second kappa shape index (κ2) is 5.33. The fourth-order valence-electron chi connectivity index (χ4n) is 2.11. The minimum atomic E-state index is 0.202. The molecule has 2 aromatic rings. The maximum Gasteiger partial charge on any atom is 0.0471 e. The quantitative estimate of drug-likeness (QED) is 0.798. The number of fused-ring (bicyclic) bond motifs is 1. The molecule has 0 fully saturated rings. The second-order valence-corrected chi connectivity index (χ2v) is 6.22. The Morgan fingerprint density at radius 3 is 2.78 bits per heavy atom. The lowest BCUT2D eigenvalue weighted by molar-refractivity contribution is 0.422. The summed E-state index contributed by atoms with van der Waals surface area (Å²) in [6, 6.07) is 6.03. The van der Waals surface area contributed by atoms with E-state index in [0.29, 0.717) is 0 Å². The molecule has 0 bridgehead atoms. The number of nitrogens with one attached hydrogen (secondary N) is 2. The lowest BCUT2D eigenvalue weighted by Crippen LogP contribution is -2.36. The van der Waals surface area contributed by atoms with Crippen molar-refractivity contribution in [2.45, 2.75) is 39.2 Å². The molecule has 2 nitrogen and oxygen atoms in total. The van der Waals surface area contributed by atoms with E-state index in [9.17, 15) is 0 Å². The van der Waals surface area contributed by atoms with E-state index in [1.54, 1.807) is 0 Å². The molecule has 0 unspecified atom stereocenters. The van der Waals surface area contributed by atoms with Gasteiger partial charge in [-0.25, -0.2) is 0 Å². The van der Waals surface area contributed by atoms with Crippen LogP contribution in [0.2, 0.25) is 5.02 Å². The van der Waals surface area contributed by atoms with Crippen LogP contribution in [0.3, 0.4) is 0 Å². The smallest absolute Gasteiger partial charge is 0.0471 e. The van der Waals surface area contributed by atoms with Gasteiger partial charge < -0.3 is 10.3 Å². The molecule has 98 valence electrons. The Balaban J connectivity index is 1.96. The van der Waals surface area contributed by atoms with E-state index in [-0.39, 0.29) is 5.54 Å². The Bertz CT molecular complexity index is 523. The van der Waals surface area contributed by atoms with Gasteiger partial charge in [0.25, 0.3) is 0 Å². The maximum absolute atomic E-state index is 5.97. The molecule has 0 saturated carbocycles. The van der Waals surface area contributed by atoms with Crippen LogP contribution in [0.5, 0.6) is 0 Å². The standard InChI is InChI=1S/C15H21ClN2/c1-15(2,3)18-8-4-5-11-10-17-14-9-12(16)6-7-13(11)14/h6-7,9-10,17-18H,4-5,8H2,1-3H3. The van der Waals surface area contributed by atoms with Gasteiger partial charge in [0.1, 0.15) is 0 Å². The van der Waals surface area contributed by atoms with Gasteiger partial charge in [-0.05, 0) is 57.9 Å². The third-order valence-electron chi connectivity index (χ3n) is 3.01. The van der Waals surface area contributed by atoms with Crippen LogP contribution in [0.15, 0.2) is 24.4 Å². The maximum atomic E-state index is 5.97. The van der Waals surface area contributed by atoms with Crippen molar-refractivity contribution in [2.75, 3.05) is 6.54 Å². The van der Waals surface area contributed by atoms with Crippen LogP contribution in [0.25, 0.3) is 10.9 Å². The van der Waals surface area contributed by atoms with Gasteiger partial charge in [-0.3, -0.25) is 0 Å². The van der Waals surface area contributed by atoms with Crippen LogP contribution >= 0.6 is 11.6 Å². The molecule has 1 aromatic heterocycles. The predicted octanol–water partition coefficient (Wildman–Crippen LogP) is 4.14. The first-order chi connectivity index (χ1) is 8.46. The highest BCUT2D eigenvalue weighted by Crippen LogP contribution is 2.22. The number of hydrogen-bond donors (Lipinski definition) is 2. The van der Waals surface area contributed by atoms with Crippen LogP contribution in [0, 0.1) is 0 Å². The molecule has 18 heavy (non-hydrogen) atoms. The first-order valence-electron chi connectivity index (χ1n) is 6.46. The van der Waals surface area contributed by atoms with Gasteiger partial charge in [-0.2, -0.15) is 0 Å². The highest BCUT2D eigenvalue weighted by atomic mass is 35.5. The Kier molecular flexibility index (Phi) is 3.98. The molecule has 0 aliphatic carbocycles. The zero-order valence-electron chi connectivity index (χ0n) is 11.3. The molecule has 0 radical (unpaired) electrons. The number of aromatic amines is 1. The number of aryl methyl sites for hydroxylation is 1. The van der Waals surface area contributed by atoms with E-state index in [1.165, 1.54) is 10.9 Å². The van der Waals surface area contributed by atoms with Crippen LogP contribution < -0.4 is 5.32 Å². The molecule has 1 aromatic carbocycles. The Labute approximate surface area is 114 Å². The number of hydrogen-bond acceptors (Lipinski definition) is 1. The third-order valence-corrected chi connectivity index (χ3v) is 3.24. The van der Waals surface area contributed by atoms with E-state index < -0.39 is 0 Å². The fraction of sp³-hybridized carbons (Fsp3) is 0.467. The summed E-state index contributed by atoms with van der Waals surface area (Å²) in [5.74, 6) is 0. The van der Waals surface area contributed by atoms with E-state index in [0.717, 1.165) is 29.9 Å². The molecule has 0 aliphatic heterocycles. The number of benzene rings is 1. The zero-order valence-corrected chi connectivity index (χ0v) is 12.1. The zero-order chi connectivity index (χ0) is 13.2. The summed E-state index contributed by atoms with van der Waals surface area (Å²) in [7, 11) is 0. The van der Waals surface area contributed by atoms with Gasteiger partial charge in [0.2, 0.25) is 0 Å². The first kappa shape index (κ1) is 13.4. The lowest BCUT2D eigenvalue weighted by Gasteiger charge is -2.20. The summed E-state index contributed by atoms with van der Waals surface area (Å²) < 4.78 is 0. The summed E-state index contributed by atoms with van der Waals surface area (Å²) in [6.07, 6.45) is 4.33. The van der Waals surface area contributed by atoms with Crippen LogP contribution in [0.4, 0.5) is 0 Å². The monoisotopic (exact) mass is 264 g/mol. The van der Waals surface area contributed by atoms with Crippen molar-refractivity contribution in [1.82, 2.24) is 10.3 Å². The lowest BCUT2D eigenvalue weighted by atomic mass is 10.1. The summed E-state index contributed by atoms with van der Waals surface area (Å²) in [6.45, 7) is 7.63. The van der Waals surface area contributed by atoms with Crippen LogP contribution in [-0.2, 0) is 6.42 Å². The van der Waals surface area contributed by atoms with E-state index >= 15 is 0 Å². The van der Waals surface area contributed by atoms with Gasteiger partial charge in [0.05, 0.1) is 0 Å². The fourth-order valence-corrected chi connectivity index (χ4v) is 2.28. The molecule has 0 aliphatic rings. The van der Waals surface area contributed by atoms with Crippen LogP contribution in [-0.4, -0.2) is 17.1 Å². The van der Waals surface area contributed by atoms with E-state index in [1.807, 2.05) is 12.1 Å². The summed E-state index contributed by atoms with van der Waals surface area (Å²) >= 11 is 5.97. The van der Waals surface area contributed by atoms with Gasteiger partial charge in [-0.15, -0.1) is 0 Å². The van der Waals surface area contributed by atoms with Crippen LogP contribution in [0.1, 0.15) is 32.8 Å². The van der Waals surface area contributed by atoms with Crippen molar-refractivity contribution in [3.63, 3.8) is 0 Å². The van der Waals surface area contributed by atoms with Gasteiger partial charge in [0.15, 0.2) is 0 Å². The summed E-state index contributed by atoms with van der Waals surface area (Å²) in [5, 5.41) is 5.58. The molecule has 0 saturated heterocycles. The van der Waals surface area contributed by atoms with Crippen molar-refractivity contribution in [2.24, 2.45) is 0 Å². The first-order valence-corrected chi connectivity index (χ1v) is 6.84. The molecule has 2 N–H and O–H groups in total. The Hall–Kier alpha value is -0.990. The normalized spacial score (nSPS) is 12.2. The molecular formula is C15H21ClN2. The molecule has 0 atom stereocenters. The Morgan fingerprint density at radius 1 is 1.28 bits per heavy atom. The van der Waals surface area contributed by atoms with Crippen molar-refractivity contribution in [3.8, 4) is 0 Å². The highest BCUT2D eigenvalue weighted by Gasteiger charge is 2.08. The Morgan fingerprint density at radius 2 is 2.06 bits per heavy atom. The molecule has 0 spiro atoms.